The molecule has 0 bridgehead atoms. The third-order valence-corrected chi connectivity index (χ3v) is 5.65. The van der Waals surface area contributed by atoms with E-state index in [1.807, 2.05) is 32.8 Å². The van der Waals surface area contributed by atoms with E-state index in [0.717, 1.165) is 12.0 Å². The van der Waals surface area contributed by atoms with Gasteiger partial charge in [-0.05, 0) is 70.2 Å². The van der Waals surface area contributed by atoms with Crippen LogP contribution in [0.4, 0.5) is 4.39 Å². The minimum atomic E-state index is -0.996. The number of aliphatic hydroxyl groups excluding tert-OH is 1. The van der Waals surface area contributed by atoms with Gasteiger partial charge >= 0.3 is 0 Å². The first kappa shape index (κ1) is 24.5. The Kier molecular flexibility index (Phi) is 7.87. The Hall–Kier alpha value is -3.19. The molecule has 1 amide bonds. The SMILES string of the molecule is CCCOc1ccc(C(O)=C2C(=O)C(=O)N(CCCN(C)C)C2c2ccccc2F)cc1C. The van der Waals surface area contributed by atoms with Crippen LogP contribution in [-0.2, 0) is 9.59 Å². The molecule has 1 N–H and O–H groups in total. The van der Waals surface area contributed by atoms with Gasteiger partial charge in [0.15, 0.2) is 0 Å². The highest BCUT2D eigenvalue weighted by molar-refractivity contribution is 6.46. The fraction of sp³-hybridized carbons (Fsp3) is 0.385. The number of Topliss-reactive ketones (excluding diaryl/α,β-unsaturated/α-hetero) is 1. The number of benzene rings is 2. The molecule has 0 aromatic heterocycles. The number of aryl methyl sites for hydroxylation is 1. The maximum absolute atomic E-state index is 14.8. The molecular weight excluding hydrogens is 423 g/mol. The summed E-state index contributed by atoms with van der Waals surface area (Å²) in [6.45, 7) is 5.38. The minimum Gasteiger partial charge on any atom is -0.507 e. The summed E-state index contributed by atoms with van der Waals surface area (Å²) >= 11 is 0. The van der Waals surface area contributed by atoms with Gasteiger partial charge in [-0.15, -0.1) is 0 Å². The third-order valence-electron chi connectivity index (χ3n) is 5.65. The molecule has 7 heteroatoms. The molecule has 2 aromatic carbocycles. The number of hydrogen-bond donors (Lipinski definition) is 1. The van der Waals surface area contributed by atoms with E-state index < -0.39 is 23.5 Å². The monoisotopic (exact) mass is 454 g/mol. The highest BCUT2D eigenvalue weighted by atomic mass is 19.1. The van der Waals surface area contributed by atoms with Gasteiger partial charge in [-0.3, -0.25) is 9.59 Å². The molecule has 0 saturated carbocycles. The first-order valence-electron chi connectivity index (χ1n) is 11.2. The average Bonchev–Trinajstić information content (AvgIpc) is 3.02. The number of carbonyl (C=O) groups excluding carboxylic acids is 2. The number of carbonyl (C=O) groups is 2. The van der Waals surface area contributed by atoms with Crippen molar-refractivity contribution >= 4 is 17.4 Å². The maximum atomic E-state index is 14.8. The average molecular weight is 455 g/mol. The lowest BCUT2D eigenvalue weighted by Gasteiger charge is -2.26. The van der Waals surface area contributed by atoms with E-state index in [0.29, 0.717) is 30.9 Å². The van der Waals surface area contributed by atoms with E-state index in [-0.39, 0.29) is 23.4 Å². The molecule has 176 valence electrons. The van der Waals surface area contributed by atoms with E-state index in [9.17, 15) is 19.1 Å². The number of hydrogen-bond acceptors (Lipinski definition) is 5. The Bertz CT molecular complexity index is 1060. The second kappa shape index (κ2) is 10.6. The van der Waals surface area contributed by atoms with Crippen LogP contribution in [0.3, 0.4) is 0 Å². The lowest BCUT2D eigenvalue weighted by atomic mass is 9.94. The zero-order valence-electron chi connectivity index (χ0n) is 19.6. The van der Waals surface area contributed by atoms with E-state index in [1.165, 1.54) is 11.0 Å². The summed E-state index contributed by atoms with van der Waals surface area (Å²) < 4.78 is 20.5. The van der Waals surface area contributed by atoms with Crippen LogP contribution in [0.25, 0.3) is 5.76 Å². The van der Waals surface area contributed by atoms with Gasteiger partial charge in [-0.2, -0.15) is 0 Å². The molecule has 0 radical (unpaired) electrons. The Labute approximate surface area is 194 Å². The summed E-state index contributed by atoms with van der Waals surface area (Å²) in [4.78, 5) is 29.3. The molecular formula is C26H31FN2O4. The van der Waals surface area contributed by atoms with Crippen molar-refractivity contribution in [3.63, 3.8) is 0 Å². The van der Waals surface area contributed by atoms with Gasteiger partial charge in [-0.25, -0.2) is 4.39 Å². The predicted octanol–water partition coefficient (Wildman–Crippen LogP) is 4.30. The zero-order chi connectivity index (χ0) is 24.1. The van der Waals surface area contributed by atoms with Gasteiger partial charge in [0.25, 0.3) is 11.7 Å². The molecule has 33 heavy (non-hydrogen) atoms. The number of halogens is 1. The highest BCUT2D eigenvalue weighted by Gasteiger charge is 2.46. The van der Waals surface area contributed by atoms with Crippen LogP contribution in [0.15, 0.2) is 48.0 Å². The van der Waals surface area contributed by atoms with Crippen molar-refractivity contribution in [3.05, 3.63) is 70.5 Å². The fourth-order valence-electron chi connectivity index (χ4n) is 4.01. The summed E-state index contributed by atoms with van der Waals surface area (Å²) in [5.41, 5.74) is 1.25. The van der Waals surface area contributed by atoms with Crippen LogP contribution >= 0.6 is 0 Å². The number of ketones is 1. The largest absolute Gasteiger partial charge is 0.507 e. The molecule has 1 atom stereocenters. The van der Waals surface area contributed by atoms with Crippen LogP contribution in [-0.4, -0.2) is 60.4 Å². The summed E-state index contributed by atoms with van der Waals surface area (Å²) in [5, 5.41) is 11.2. The normalized spacial score (nSPS) is 17.8. The van der Waals surface area contributed by atoms with Crippen molar-refractivity contribution in [2.75, 3.05) is 33.8 Å². The fourth-order valence-corrected chi connectivity index (χ4v) is 4.01. The van der Waals surface area contributed by atoms with Gasteiger partial charge in [0, 0.05) is 17.7 Å². The molecule has 1 aliphatic heterocycles. The summed E-state index contributed by atoms with van der Waals surface area (Å²) in [7, 11) is 3.83. The number of likely N-dealkylation sites (tertiary alicyclic amines) is 1. The van der Waals surface area contributed by atoms with Crippen LogP contribution in [0.1, 0.15) is 42.5 Å². The van der Waals surface area contributed by atoms with Gasteiger partial charge < -0.3 is 19.6 Å². The van der Waals surface area contributed by atoms with E-state index in [1.54, 1.807) is 36.4 Å². The third kappa shape index (κ3) is 5.25. The van der Waals surface area contributed by atoms with Crippen molar-refractivity contribution in [2.24, 2.45) is 0 Å². The van der Waals surface area contributed by atoms with Crippen LogP contribution in [0, 0.1) is 12.7 Å². The summed E-state index contributed by atoms with van der Waals surface area (Å²) in [6, 6.07) is 10.1. The Balaban J connectivity index is 2.08. The summed E-state index contributed by atoms with van der Waals surface area (Å²) in [6.07, 6.45) is 1.47. The lowest BCUT2D eigenvalue weighted by Crippen LogP contribution is -2.32. The van der Waals surface area contributed by atoms with E-state index in [4.69, 9.17) is 4.74 Å². The van der Waals surface area contributed by atoms with Crippen molar-refractivity contribution in [3.8, 4) is 5.75 Å². The molecule has 1 saturated heterocycles. The first-order valence-corrected chi connectivity index (χ1v) is 11.2. The second-order valence-electron chi connectivity index (χ2n) is 8.50. The first-order chi connectivity index (χ1) is 15.8. The number of ether oxygens (including phenoxy) is 1. The Morgan fingerprint density at radius 3 is 2.55 bits per heavy atom. The number of nitrogens with zero attached hydrogens (tertiary/aromatic N) is 2. The molecule has 0 spiro atoms. The van der Waals surface area contributed by atoms with Crippen molar-refractivity contribution in [1.29, 1.82) is 0 Å². The van der Waals surface area contributed by atoms with Crippen LogP contribution in [0.2, 0.25) is 0 Å². The topological polar surface area (TPSA) is 70.1 Å². The molecule has 2 aromatic rings. The molecule has 0 aliphatic carbocycles. The quantitative estimate of drug-likeness (QED) is 0.348. The molecule has 3 rings (SSSR count). The number of rotatable bonds is 9. The lowest BCUT2D eigenvalue weighted by molar-refractivity contribution is -0.140. The summed E-state index contributed by atoms with van der Waals surface area (Å²) in [5.74, 6) is -1.71. The van der Waals surface area contributed by atoms with Crippen molar-refractivity contribution < 1.29 is 23.8 Å². The Morgan fingerprint density at radius 2 is 1.91 bits per heavy atom. The second-order valence-corrected chi connectivity index (χ2v) is 8.50. The van der Waals surface area contributed by atoms with Crippen LogP contribution < -0.4 is 4.74 Å². The maximum Gasteiger partial charge on any atom is 0.295 e. The van der Waals surface area contributed by atoms with Gasteiger partial charge in [0.2, 0.25) is 0 Å². The smallest absolute Gasteiger partial charge is 0.295 e. The van der Waals surface area contributed by atoms with E-state index in [2.05, 4.69) is 0 Å². The molecule has 1 unspecified atom stereocenters. The molecule has 6 nitrogen and oxygen atoms in total. The number of aliphatic hydroxyl groups is 1. The molecule has 1 aliphatic rings. The van der Waals surface area contributed by atoms with Gasteiger partial charge in [0.05, 0.1) is 18.2 Å². The molecule has 1 heterocycles. The zero-order valence-corrected chi connectivity index (χ0v) is 19.6. The Morgan fingerprint density at radius 1 is 1.18 bits per heavy atom. The van der Waals surface area contributed by atoms with Crippen LogP contribution in [0.5, 0.6) is 5.75 Å². The van der Waals surface area contributed by atoms with Gasteiger partial charge in [0.1, 0.15) is 17.3 Å². The standard InChI is InChI=1S/C26H31FN2O4/c1-5-15-33-21-12-11-18(16-17(21)2)24(30)22-23(19-9-6-7-10-20(19)27)29(26(32)25(22)31)14-8-13-28(3)4/h6-7,9-12,16,23,30H,5,8,13-15H2,1-4H3. The van der Waals surface area contributed by atoms with Crippen molar-refractivity contribution in [1.82, 2.24) is 9.80 Å². The van der Waals surface area contributed by atoms with Gasteiger partial charge in [-0.1, -0.05) is 25.1 Å². The molecule has 1 fully saturated rings. The highest BCUT2D eigenvalue weighted by Crippen LogP contribution is 2.40. The number of amides is 1. The van der Waals surface area contributed by atoms with E-state index >= 15 is 0 Å². The van der Waals surface area contributed by atoms with Crippen molar-refractivity contribution in [2.45, 2.75) is 32.7 Å². The predicted molar refractivity (Wildman–Crippen MR) is 126 cm³/mol. The minimum absolute atomic E-state index is 0.100.